The molecule has 2 N–H and O–H groups in total. The molecule has 2 aromatic carbocycles. The van der Waals surface area contributed by atoms with E-state index in [-0.39, 0.29) is 11.8 Å². The molecular formula is C18H15ClN2OS. The van der Waals surface area contributed by atoms with Crippen LogP contribution in [-0.4, -0.2) is 10.9 Å². The first-order valence-corrected chi connectivity index (χ1v) is 7.96. The maximum atomic E-state index is 13.0. The summed E-state index contributed by atoms with van der Waals surface area (Å²) in [5, 5.41) is 7.15. The van der Waals surface area contributed by atoms with E-state index in [4.69, 9.17) is 23.8 Å². The normalized spacial score (nSPS) is 20.6. The third-order valence-electron chi connectivity index (χ3n) is 3.85. The monoisotopic (exact) mass is 342 g/mol. The van der Waals surface area contributed by atoms with Gasteiger partial charge in [0, 0.05) is 16.3 Å². The van der Waals surface area contributed by atoms with Gasteiger partial charge < -0.3 is 10.6 Å². The van der Waals surface area contributed by atoms with E-state index in [1.54, 1.807) is 18.2 Å². The van der Waals surface area contributed by atoms with Crippen molar-refractivity contribution in [3.05, 3.63) is 83.0 Å². The van der Waals surface area contributed by atoms with Crippen LogP contribution in [0.25, 0.3) is 0 Å². The van der Waals surface area contributed by atoms with Gasteiger partial charge >= 0.3 is 0 Å². The molecule has 5 heteroatoms. The molecule has 0 aliphatic carbocycles. The number of carbonyl (C=O) groups is 1. The molecule has 1 aliphatic rings. The van der Waals surface area contributed by atoms with Gasteiger partial charge in [-0.25, -0.2) is 0 Å². The lowest BCUT2D eigenvalue weighted by molar-refractivity contribution is 0.0912. The molecule has 0 amide bonds. The minimum absolute atomic E-state index is 0.0250. The van der Waals surface area contributed by atoms with Crippen LogP contribution in [0.4, 0.5) is 0 Å². The van der Waals surface area contributed by atoms with Crippen LogP contribution in [-0.2, 0) is 0 Å². The highest BCUT2D eigenvalue weighted by molar-refractivity contribution is 7.80. The highest BCUT2D eigenvalue weighted by atomic mass is 35.5. The van der Waals surface area contributed by atoms with Gasteiger partial charge in [0.05, 0.1) is 12.0 Å². The predicted octanol–water partition coefficient (Wildman–Crippen LogP) is 3.87. The van der Waals surface area contributed by atoms with Crippen molar-refractivity contribution in [1.29, 1.82) is 0 Å². The standard InChI is InChI=1S/C18H15ClN2OS/c1-11-15(17(22)12-7-3-2-4-8-12)16(21-18(23)20-11)13-9-5-6-10-14(13)19/h2-10,15-16H,1H2,(H2,20,21,23)/t15-,16-/m1/s1. The number of thiocarbonyl (C=S) groups is 1. The summed E-state index contributed by atoms with van der Waals surface area (Å²) in [5.41, 5.74) is 2.04. The Morgan fingerprint density at radius 1 is 1.09 bits per heavy atom. The zero-order valence-corrected chi connectivity index (χ0v) is 13.8. The van der Waals surface area contributed by atoms with Crippen molar-refractivity contribution in [1.82, 2.24) is 10.6 Å². The lowest BCUT2D eigenvalue weighted by Gasteiger charge is -2.35. The highest BCUT2D eigenvalue weighted by Crippen LogP contribution is 2.35. The van der Waals surface area contributed by atoms with Crippen LogP contribution < -0.4 is 10.6 Å². The summed E-state index contributed by atoms with van der Waals surface area (Å²) in [4.78, 5) is 13.0. The van der Waals surface area contributed by atoms with Crippen LogP contribution in [0.2, 0.25) is 5.02 Å². The first-order chi connectivity index (χ1) is 11.1. The quantitative estimate of drug-likeness (QED) is 0.656. The number of Topliss-reactive ketones (excluding diaryl/α,β-unsaturated/α-hetero) is 1. The Kier molecular flexibility index (Phi) is 4.46. The van der Waals surface area contributed by atoms with E-state index in [9.17, 15) is 4.79 Å². The summed E-state index contributed by atoms with van der Waals surface area (Å²) >= 11 is 11.5. The van der Waals surface area contributed by atoms with Crippen molar-refractivity contribution in [2.75, 3.05) is 0 Å². The summed E-state index contributed by atoms with van der Waals surface area (Å²) < 4.78 is 0. The lowest BCUT2D eigenvalue weighted by atomic mass is 9.83. The van der Waals surface area contributed by atoms with E-state index in [0.29, 0.717) is 21.4 Å². The third-order valence-corrected chi connectivity index (χ3v) is 4.41. The zero-order valence-electron chi connectivity index (χ0n) is 12.3. The molecule has 0 aromatic heterocycles. The van der Waals surface area contributed by atoms with Gasteiger partial charge in [-0.1, -0.05) is 66.7 Å². The average Bonchev–Trinajstić information content (AvgIpc) is 2.55. The smallest absolute Gasteiger partial charge is 0.174 e. The van der Waals surface area contributed by atoms with Crippen LogP contribution in [0.3, 0.4) is 0 Å². The third kappa shape index (κ3) is 3.14. The van der Waals surface area contributed by atoms with E-state index in [1.807, 2.05) is 36.4 Å². The average molecular weight is 343 g/mol. The number of nitrogens with one attached hydrogen (secondary N) is 2. The Balaban J connectivity index is 2.04. The van der Waals surface area contributed by atoms with E-state index in [1.165, 1.54) is 0 Å². The van der Waals surface area contributed by atoms with Crippen molar-refractivity contribution in [2.24, 2.45) is 5.92 Å². The molecule has 1 saturated heterocycles. The fraction of sp³-hybridized carbons (Fsp3) is 0.111. The van der Waals surface area contributed by atoms with Crippen LogP contribution in [0.1, 0.15) is 22.0 Å². The number of carbonyl (C=O) groups excluding carboxylic acids is 1. The summed E-state index contributed by atoms with van der Waals surface area (Å²) in [6.45, 7) is 4.00. The van der Waals surface area contributed by atoms with Crippen LogP contribution >= 0.6 is 23.8 Å². The molecule has 0 bridgehead atoms. The van der Waals surface area contributed by atoms with E-state index >= 15 is 0 Å². The minimum Gasteiger partial charge on any atom is -0.354 e. The van der Waals surface area contributed by atoms with E-state index in [2.05, 4.69) is 17.2 Å². The van der Waals surface area contributed by atoms with Crippen LogP contribution in [0.5, 0.6) is 0 Å². The second-order valence-corrected chi connectivity index (χ2v) is 6.15. The van der Waals surface area contributed by atoms with Crippen molar-refractivity contribution in [3.63, 3.8) is 0 Å². The molecule has 1 aliphatic heterocycles. The molecule has 1 fully saturated rings. The number of ketones is 1. The summed E-state index contributed by atoms with van der Waals surface area (Å²) in [6.07, 6.45) is 0. The minimum atomic E-state index is -0.496. The molecule has 1 heterocycles. The first kappa shape index (κ1) is 15.7. The van der Waals surface area contributed by atoms with E-state index < -0.39 is 5.92 Å². The van der Waals surface area contributed by atoms with Crippen molar-refractivity contribution >= 4 is 34.7 Å². The lowest BCUT2D eigenvalue weighted by Crippen LogP contribution is -2.50. The molecule has 116 valence electrons. The second kappa shape index (κ2) is 6.52. The van der Waals surface area contributed by atoms with Gasteiger partial charge in [0.15, 0.2) is 10.9 Å². The molecule has 3 rings (SSSR count). The molecular weight excluding hydrogens is 328 g/mol. The van der Waals surface area contributed by atoms with Crippen LogP contribution in [0.15, 0.2) is 66.9 Å². The van der Waals surface area contributed by atoms with Crippen molar-refractivity contribution in [3.8, 4) is 0 Å². The van der Waals surface area contributed by atoms with Crippen LogP contribution in [0, 0.1) is 5.92 Å². The molecule has 3 nitrogen and oxygen atoms in total. The van der Waals surface area contributed by atoms with Crippen molar-refractivity contribution < 1.29 is 4.79 Å². The number of rotatable bonds is 3. The molecule has 0 radical (unpaired) electrons. The van der Waals surface area contributed by atoms with Gasteiger partial charge in [-0.15, -0.1) is 0 Å². The Morgan fingerprint density at radius 3 is 2.43 bits per heavy atom. The molecule has 2 aromatic rings. The molecule has 23 heavy (non-hydrogen) atoms. The Bertz CT molecular complexity index is 776. The SMILES string of the molecule is C=C1NC(=S)N[C@H](c2ccccc2Cl)[C@@H]1C(=O)c1ccccc1. The van der Waals surface area contributed by atoms with Gasteiger partial charge in [-0.2, -0.15) is 0 Å². The van der Waals surface area contributed by atoms with E-state index in [0.717, 1.165) is 5.56 Å². The van der Waals surface area contributed by atoms with Crippen molar-refractivity contribution in [2.45, 2.75) is 6.04 Å². The highest BCUT2D eigenvalue weighted by Gasteiger charge is 2.37. The maximum Gasteiger partial charge on any atom is 0.174 e. The van der Waals surface area contributed by atoms with Gasteiger partial charge in [-0.3, -0.25) is 4.79 Å². The molecule has 0 unspecified atom stereocenters. The number of hydrogen-bond donors (Lipinski definition) is 2. The summed E-state index contributed by atoms with van der Waals surface area (Å²) in [6, 6.07) is 16.3. The summed E-state index contributed by atoms with van der Waals surface area (Å²) in [5.74, 6) is -0.521. The predicted molar refractivity (Wildman–Crippen MR) is 96.5 cm³/mol. The molecule has 2 atom stereocenters. The first-order valence-electron chi connectivity index (χ1n) is 7.18. The van der Waals surface area contributed by atoms with Gasteiger partial charge in [0.2, 0.25) is 0 Å². The largest absolute Gasteiger partial charge is 0.354 e. The Morgan fingerprint density at radius 2 is 1.74 bits per heavy atom. The van der Waals surface area contributed by atoms with Gasteiger partial charge in [-0.05, 0) is 23.8 Å². The number of benzene rings is 2. The Labute approximate surface area is 145 Å². The fourth-order valence-corrected chi connectivity index (χ4v) is 3.27. The molecule has 0 spiro atoms. The Hall–Kier alpha value is -2.17. The van der Waals surface area contributed by atoms with Gasteiger partial charge in [0.1, 0.15) is 0 Å². The summed E-state index contributed by atoms with van der Waals surface area (Å²) in [7, 11) is 0. The zero-order chi connectivity index (χ0) is 16.4. The number of hydrogen-bond acceptors (Lipinski definition) is 2. The topological polar surface area (TPSA) is 41.1 Å². The molecule has 0 saturated carbocycles. The van der Waals surface area contributed by atoms with Gasteiger partial charge in [0.25, 0.3) is 0 Å². The fourth-order valence-electron chi connectivity index (χ4n) is 2.76. The number of halogens is 1. The maximum absolute atomic E-state index is 13.0. The second-order valence-electron chi connectivity index (χ2n) is 5.33.